The smallest absolute Gasteiger partial charge is 0.322 e. The number of aromatic nitrogens is 1. The van der Waals surface area contributed by atoms with Gasteiger partial charge in [-0.05, 0) is 52.8 Å². The Bertz CT molecular complexity index is 1540. The van der Waals surface area contributed by atoms with Crippen LogP contribution in [0, 0.1) is 0 Å². The summed E-state index contributed by atoms with van der Waals surface area (Å²) in [5.74, 6) is 0.339. The molecule has 45 heavy (non-hydrogen) atoms. The molecule has 3 N–H and O–H groups in total. The highest BCUT2D eigenvalue weighted by Gasteiger charge is 2.28. The number of pyridine rings is 1. The number of phenols is 1. The molecule has 3 amide bonds. The normalized spacial score (nSPS) is 11.3. The van der Waals surface area contributed by atoms with Gasteiger partial charge in [0.1, 0.15) is 11.5 Å². The predicted octanol–water partition coefficient (Wildman–Crippen LogP) is 8.30. The summed E-state index contributed by atoms with van der Waals surface area (Å²) in [5, 5.41) is 17.1. The molecule has 8 nitrogen and oxygen atoms in total. The highest BCUT2D eigenvalue weighted by Crippen LogP contribution is 2.40. The van der Waals surface area contributed by atoms with Gasteiger partial charge in [0.2, 0.25) is 0 Å². The first-order valence-corrected chi connectivity index (χ1v) is 14.6. The van der Waals surface area contributed by atoms with Crippen LogP contribution >= 0.6 is 12.4 Å². The maximum atomic E-state index is 13.8. The summed E-state index contributed by atoms with van der Waals surface area (Å²) in [6, 6.07) is 23.5. The molecule has 238 valence electrons. The fourth-order valence-electron chi connectivity index (χ4n) is 4.85. The van der Waals surface area contributed by atoms with E-state index >= 15 is 0 Å². The third-order valence-electron chi connectivity index (χ3n) is 7.29. The average Bonchev–Trinajstić information content (AvgIpc) is 2.97. The Hall–Kier alpha value is -4.56. The van der Waals surface area contributed by atoms with E-state index in [-0.39, 0.29) is 36.6 Å². The monoisotopic (exact) mass is 630 g/mol. The fraction of sp³-hybridized carbons (Fsp3) is 0.306. The van der Waals surface area contributed by atoms with Crippen LogP contribution in [0.25, 0.3) is 0 Å². The lowest BCUT2D eigenvalue weighted by Gasteiger charge is -2.28. The molecule has 0 fully saturated rings. The number of hydrogen-bond acceptors (Lipinski definition) is 5. The zero-order chi connectivity index (χ0) is 32.1. The third-order valence-corrected chi connectivity index (χ3v) is 7.29. The molecule has 4 rings (SSSR count). The number of nitrogens with zero attached hydrogens (tertiary/aromatic N) is 2. The topological polar surface area (TPSA) is 104 Å². The molecule has 0 bridgehead atoms. The summed E-state index contributed by atoms with van der Waals surface area (Å²) in [6.45, 7) is 12.6. The molecule has 0 unspecified atom stereocenters. The van der Waals surface area contributed by atoms with Gasteiger partial charge in [-0.25, -0.2) is 4.79 Å². The maximum absolute atomic E-state index is 13.8. The number of ether oxygens (including phenoxy) is 1. The van der Waals surface area contributed by atoms with E-state index in [0.717, 1.165) is 11.3 Å². The van der Waals surface area contributed by atoms with Gasteiger partial charge in [-0.2, -0.15) is 0 Å². The van der Waals surface area contributed by atoms with Crippen molar-refractivity contribution in [3.8, 4) is 11.5 Å². The van der Waals surface area contributed by atoms with Crippen molar-refractivity contribution < 1.29 is 19.4 Å². The lowest BCUT2D eigenvalue weighted by Crippen LogP contribution is -2.34. The zero-order valence-corrected chi connectivity index (χ0v) is 27.8. The quantitative estimate of drug-likeness (QED) is 0.182. The summed E-state index contributed by atoms with van der Waals surface area (Å²) in [6.07, 6.45) is 1.70. The van der Waals surface area contributed by atoms with E-state index in [1.165, 1.54) is 0 Å². The molecule has 1 heterocycles. The van der Waals surface area contributed by atoms with Crippen molar-refractivity contribution in [2.24, 2.45) is 0 Å². The Morgan fingerprint density at radius 3 is 1.98 bits per heavy atom. The van der Waals surface area contributed by atoms with Crippen molar-refractivity contribution >= 4 is 35.7 Å². The predicted molar refractivity (Wildman–Crippen MR) is 183 cm³/mol. The zero-order valence-electron chi connectivity index (χ0n) is 27.0. The van der Waals surface area contributed by atoms with E-state index in [9.17, 15) is 14.7 Å². The highest BCUT2D eigenvalue weighted by atomic mass is 35.5. The number of methoxy groups -OCH3 is 1. The van der Waals surface area contributed by atoms with Crippen LogP contribution in [0.15, 0.2) is 85.1 Å². The van der Waals surface area contributed by atoms with Gasteiger partial charge >= 0.3 is 6.03 Å². The first-order valence-electron chi connectivity index (χ1n) is 14.6. The van der Waals surface area contributed by atoms with Crippen LogP contribution in [0.3, 0.4) is 0 Å². The van der Waals surface area contributed by atoms with Crippen LogP contribution in [-0.4, -0.2) is 34.0 Å². The van der Waals surface area contributed by atoms with Crippen molar-refractivity contribution in [3.05, 3.63) is 113 Å². The highest BCUT2D eigenvalue weighted by molar-refractivity contribution is 6.07. The van der Waals surface area contributed by atoms with Crippen LogP contribution < -0.4 is 15.4 Å². The Labute approximate surface area is 272 Å². The number of benzene rings is 3. The average molecular weight is 631 g/mol. The van der Waals surface area contributed by atoms with Gasteiger partial charge < -0.3 is 25.4 Å². The van der Waals surface area contributed by atoms with Gasteiger partial charge in [-0.3, -0.25) is 9.78 Å². The summed E-state index contributed by atoms with van der Waals surface area (Å²) in [4.78, 5) is 33.6. The summed E-state index contributed by atoms with van der Waals surface area (Å²) >= 11 is 0. The van der Waals surface area contributed by atoms with Crippen LogP contribution in [0.4, 0.5) is 16.2 Å². The Morgan fingerprint density at radius 1 is 0.800 bits per heavy atom. The second kappa shape index (κ2) is 14.5. The van der Waals surface area contributed by atoms with Gasteiger partial charge in [-0.15, -0.1) is 12.4 Å². The molecule has 9 heteroatoms. The lowest BCUT2D eigenvalue weighted by molar-refractivity contribution is 0.102. The Morgan fingerprint density at radius 2 is 1.42 bits per heavy atom. The van der Waals surface area contributed by atoms with Crippen molar-refractivity contribution in [3.63, 3.8) is 0 Å². The third kappa shape index (κ3) is 8.99. The van der Waals surface area contributed by atoms with Crippen LogP contribution in [-0.2, 0) is 23.9 Å². The van der Waals surface area contributed by atoms with E-state index in [2.05, 4.69) is 15.6 Å². The Balaban J connectivity index is 0.00000552. The number of anilines is 2. The first-order chi connectivity index (χ1) is 20.8. The molecule has 0 spiro atoms. The number of nitrogens with one attached hydrogen (secondary N) is 2. The second-order valence-electron chi connectivity index (χ2n) is 12.9. The minimum Gasteiger partial charge on any atom is -0.507 e. The number of phenolic OH excluding ortho intramolecular Hbond substituents is 1. The van der Waals surface area contributed by atoms with Gasteiger partial charge in [0.05, 0.1) is 30.7 Å². The summed E-state index contributed by atoms with van der Waals surface area (Å²) < 4.78 is 5.44. The van der Waals surface area contributed by atoms with Crippen LogP contribution in [0.5, 0.6) is 11.5 Å². The van der Waals surface area contributed by atoms with Gasteiger partial charge in [0.25, 0.3) is 5.91 Å². The van der Waals surface area contributed by atoms with E-state index in [0.29, 0.717) is 40.4 Å². The summed E-state index contributed by atoms with van der Waals surface area (Å²) in [7, 11) is 1.54. The van der Waals surface area contributed by atoms with Gasteiger partial charge in [0, 0.05) is 35.5 Å². The van der Waals surface area contributed by atoms with Crippen molar-refractivity contribution in [1.29, 1.82) is 0 Å². The molecule has 0 radical (unpaired) electrons. The van der Waals surface area contributed by atoms with Crippen molar-refractivity contribution in [2.75, 3.05) is 17.7 Å². The SMILES string of the molecule is COc1ccc(NC(=O)N(Cc2ccccc2)Cc2ccccn2)c(NC(=O)c2cc(C(C)(C)C)c(O)c(C(C)(C)C)c2)c1.Cl. The number of hydrogen-bond donors (Lipinski definition) is 3. The van der Waals surface area contributed by atoms with E-state index in [1.807, 2.05) is 90.1 Å². The molecule has 0 saturated carbocycles. The number of rotatable bonds is 8. The number of amides is 3. The molecule has 1 aromatic heterocycles. The standard InChI is InChI=1S/C36H42N4O4.ClH/c1-35(2,3)28-19-25(20-29(32(28)41)36(4,5)6)33(42)38-31-21-27(44-7)16-17-30(31)39-34(43)40(22-24-13-9-8-10-14-24)23-26-15-11-12-18-37-26;/h8-21,41H,22-23H2,1-7H3,(H,38,42)(H,39,43);1H. The molecular formula is C36H43ClN4O4. The van der Waals surface area contributed by atoms with Crippen molar-refractivity contribution in [1.82, 2.24) is 9.88 Å². The van der Waals surface area contributed by atoms with Crippen molar-refractivity contribution in [2.45, 2.75) is 65.5 Å². The van der Waals surface area contributed by atoms with E-state index in [4.69, 9.17) is 4.74 Å². The number of carbonyl (C=O) groups is 2. The minimum atomic E-state index is -0.398. The molecule has 0 aliphatic carbocycles. The van der Waals surface area contributed by atoms with E-state index < -0.39 is 10.8 Å². The molecule has 4 aromatic rings. The van der Waals surface area contributed by atoms with Gasteiger partial charge in [-0.1, -0.05) is 77.9 Å². The molecule has 0 atom stereocenters. The van der Waals surface area contributed by atoms with E-state index in [1.54, 1.807) is 48.5 Å². The number of halogens is 1. The summed E-state index contributed by atoms with van der Waals surface area (Å²) in [5.41, 5.74) is 3.48. The number of carbonyl (C=O) groups excluding carboxylic acids is 2. The van der Waals surface area contributed by atoms with Crippen LogP contribution in [0.1, 0.15) is 74.3 Å². The number of aromatic hydroxyl groups is 1. The number of urea groups is 1. The molecule has 0 aliphatic heterocycles. The largest absolute Gasteiger partial charge is 0.507 e. The Kier molecular flexibility index (Phi) is 11.2. The molecule has 3 aromatic carbocycles. The minimum absolute atomic E-state index is 0. The molecular weight excluding hydrogens is 588 g/mol. The second-order valence-corrected chi connectivity index (χ2v) is 12.9. The van der Waals surface area contributed by atoms with Crippen LogP contribution in [0.2, 0.25) is 0 Å². The fourth-order valence-corrected chi connectivity index (χ4v) is 4.85. The maximum Gasteiger partial charge on any atom is 0.322 e. The first kappa shape index (κ1) is 34.9. The molecule has 0 saturated heterocycles. The molecule has 0 aliphatic rings. The van der Waals surface area contributed by atoms with Gasteiger partial charge in [0.15, 0.2) is 0 Å². The lowest BCUT2D eigenvalue weighted by atomic mass is 9.78.